The molecule has 0 spiro atoms. The molecule has 4 aromatic carbocycles. The van der Waals surface area contributed by atoms with Gasteiger partial charge in [-0.2, -0.15) is 0 Å². The third-order valence-electron chi connectivity index (χ3n) is 7.60. The Bertz CT molecular complexity index is 2310. The van der Waals surface area contributed by atoms with E-state index in [0.717, 1.165) is 83.0 Å². The molecule has 0 aliphatic carbocycles. The zero-order valence-electron chi connectivity index (χ0n) is 20.6. The Morgan fingerprint density at radius 2 is 1.03 bits per heavy atom. The van der Waals surface area contributed by atoms with E-state index in [9.17, 15) is 0 Å². The summed E-state index contributed by atoms with van der Waals surface area (Å²) in [6.07, 6.45) is 0. The van der Waals surface area contributed by atoms with Gasteiger partial charge in [0.1, 0.15) is 28.0 Å². The fourth-order valence-corrected chi connectivity index (χ4v) is 5.81. The highest BCUT2D eigenvalue weighted by atomic mass is 16.4. The summed E-state index contributed by atoms with van der Waals surface area (Å²) < 4.78 is 14.9. The van der Waals surface area contributed by atoms with E-state index in [1.165, 1.54) is 0 Å². The summed E-state index contributed by atoms with van der Waals surface area (Å²) in [6.45, 7) is 0. The Kier molecular flexibility index (Phi) is 3.99. The second-order valence-corrected chi connectivity index (χ2v) is 9.83. The van der Waals surface area contributed by atoms with Crippen molar-refractivity contribution >= 4 is 65.9 Å². The number of furan rings is 2. The summed E-state index contributed by atoms with van der Waals surface area (Å²) in [5.74, 6) is 0.792. The third kappa shape index (κ3) is 2.84. The first-order valence-electron chi connectivity index (χ1n) is 12.9. The van der Waals surface area contributed by atoms with Crippen molar-refractivity contribution in [3.63, 3.8) is 0 Å². The number of hydrogen-bond acceptors (Lipinski definition) is 4. The quantitative estimate of drug-likeness (QED) is 0.222. The molecule has 0 aliphatic heterocycles. The first-order chi connectivity index (χ1) is 19.3. The molecule has 0 fully saturated rings. The number of aromatic nitrogens is 3. The lowest BCUT2D eigenvalue weighted by atomic mass is 10.1. The molecule has 0 aliphatic rings. The van der Waals surface area contributed by atoms with Crippen molar-refractivity contribution < 1.29 is 8.83 Å². The van der Waals surface area contributed by atoms with Crippen molar-refractivity contribution in [1.29, 1.82) is 0 Å². The van der Waals surface area contributed by atoms with Crippen LogP contribution < -0.4 is 0 Å². The number of para-hydroxylation sites is 2. The van der Waals surface area contributed by atoms with Gasteiger partial charge in [0.2, 0.25) is 0 Å². The summed E-state index contributed by atoms with van der Waals surface area (Å²) in [4.78, 5) is 10.4. The van der Waals surface area contributed by atoms with Crippen LogP contribution in [-0.2, 0) is 0 Å². The van der Waals surface area contributed by atoms with Crippen LogP contribution in [0.4, 0.5) is 0 Å². The molecule has 9 aromatic rings. The monoisotopic (exact) mass is 501 g/mol. The first kappa shape index (κ1) is 20.6. The largest absolute Gasteiger partial charge is 0.450 e. The standard InChI is InChI=1S/C34H19N3O2/c1-2-8-20(9-3-1)25-18-16-21-14-15-22-17-19-28(36-30(22)29(21)35-25)37-31-23-10-4-6-12-26(23)38-33(31)34-32(37)24-11-5-7-13-27(24)39-34/h1-19H. The van der Waals surface area contributed by atoms with Crippen molar-refractivity contribution in [3.8, 4) is 17.1 Å². The van der Waals surface area contributed by atoms with Crippen LogP contribution >= 0.6 is 0 Å². The highest BCUT2D eigenvalue weighted by molar-refractivity contribution is 6.20. The molecule has 9 rings (SSSR count). The van der Waals surface area contributed by atoms with Crippen LogP contribution in [0.15, 0.2) is 124 Å². The van der Waals surface area contributed by atoms with E-state index in [2.05, 4.69) is 65.2 Å². The van der Waals surface area contributed by atoms with Gasteiger partial charge in [-0.3, -0.25) is 4.57 Å². The van der Waals surface area contributed by atoms with Gasteiger partial charge < -0.3 is 8.83 Å². The number of benzene rings is 4. The average Bonchev–Trinajstić information content (AvgIpc) is 3.65. The zero-order valence-corrected chi connectivity index (χ0v) is 20.6. The molecule has 5 aromatic heterocycles. The average molecular weight is 502 g/mol. The summed E-state index contributed by atoms with van der Waals surface area (Å²) in [6, 6.07) is 39.1. The van der Waals surface area contributed by atoms with Gasteiger partial charge in [-0.05, 0) is 42.5 Å². The molecule has 5 nitrogen and oxygen atoms in total. The lowest BCUT2D eigenvalue weighted by Crippen LogP contribution is -1.98. The number of hydrogen-bond donors (Lipinski definition) is 0. The molecule has 182 valence electrons. The topological polar surface area (TPSA) is 57.0 Å². The molecule has 5 heteroatoms. The van der Waals surface area contributed by atoms with Crippen LogP contribution in [0, 0.1) is 0 Å². The van der Waals surface area contributed by atoms with Gasteiger partial charge in [-0.25, -0.2) is 9.97 Å². The molecule has 0 saturated carbocycles. The molecule has 0 N–H and O–H groups in total. The van der Waals surface area contributed by atoms with Crippen LogP contribution in [0.3, 0.4) is 0 Å². The maximum Gasteiger partial charge on any atom is 0.196 e. The van der Waals surface area contributed by atoms with Gasteiger partial charge in [0.05, 0.1) is 16.7 Å². The van der Waals surface area contributed by atoms with Gasteiger partial charge in [-0.15, -0.1) is 0 Å². The van der Waals surface area contributed by atoms with Crippen molar-refractivity contribution in [3.05, 3.63) is 115 Å². The minimum absolute atomic E-state index is 0.728. The van der Waals surface area contributed by atoms with Gasteiger partial charge in [-0.1, -0.05) is 72.8 Å². The minimum atomic E-state index is 0.728. The maximum atomic E-state index is 6.37. The second kappa shape index (κ2) is 7.55. The number of nitrogens with zero attached hydrogens (tertiary/aromatic N) is 3. The zero-order chi connectivity index (χ0) is 25.5. The molecule has 0 atom stereocenters. The molecule has 5 heterocycles. The van der Waals surface area contributed by atoms with Gasteiger partial charge in [0.15, 0.2) is 11.2 Å². The lowest BCUT2D eigenvalue weighted by molar-refractivity contribution is 0.634. The Morgan fingerprint density at radius 1 is 0.487 bits per heavy atom. The smallest absolute Gasteiger partial charge is 0.196 e. The van der Waals surface area contributed by atoms with E-state index in [-0.39, 0.29) is 0 Å². The van der Waals surface area contributed by atoms with Crippen LogP contribution in [-0.4, -0.2) is 14.5 Å². The SMILES string of the molecule is c1ccc(-c2ccc3ccc4ccc(-n5c6c7ccccc7oc6c6oc7ccccc7c65)nc4c3n2)cc1. The molecular weight excluding hydrogens is 482 g/mol. The van der Waals surface area contributed by atoms with Gasteiger partial charge >= 0.3 is 0 Å². The minimum Gasteiger partial charge on any atom is -0.450 e. The highest BCUT2D eigenvalue weighted by Gasteiger charge is 2.25. The molecule has 0 unspecified atom stereocenters. The number of rotatable bonds is 2. The Hall–Kier alpha value is -5.42. The van der Waals surface area contributed by atoms with Crippen LogP contribution in [0.5, 0.6) is 0 Å². The number of pyridine rings is 2. The van der Waals surface area contributed by atoms with E-state index in [4.69, 9.17) is 18.8 Å². The Labute approximate surface area is 221 Å². The van der Waals surface area contributed by atoms with E-state index >= 15 is 0 Å². The van der Waals surface area contributed by atoms with E-state index in [1.807, 2.05) is 54.6 Å². The van der Waals surface area contributed by atoms with Crippen molar-refractivity contribution in [1.82, 2.24) is 14.5 Å². The van der Waals surface area contributed by atoms with Crippen molar-refractivity contribution in [2.24, 2.45) is 0 Å². The third-order valence-corrected chi connectivity index (χ3v) is 7.60. The highest BCUT2D eigenvalue weighted by Crippen LogP contribution is 2.43. The molecule has 0 amide bonds. The Balaban J connectivity index is 1.41. The lowest BCUT2D eigenvalue weighted by Gasteiger charge is -2.10. The van der Waals surface area contributed by atoms with Gasteiger partial charge in [0, 0.05) is 27.1 Å². The van der Waals surface area contributed by atoms with E-state index < -0.39 is 0 Å². The van der Waals surface area contributed by atoms with Crippen LogP contribution in [0.2, 0.25) is 0 Å². The Morgan fingerprint density at radius 3 is 1.69 bits per heavy atom. The molecule has 39 heavy (non-hydrogen) atoms. The van der Waals surface area contributed by atoms with Crippen LogP contribution in [0.25, 0.3) is 83.0 Å². The predicted molar refractivity (Wildman–Crippen MR) is 156 cm³/mol. The molecular formula is C34H19N3O2. The predicted octanol–water partition coefficient (Wildman–Crippen LogP) is 9.04. The maximum absolute atomic E-state index is 6.37. The fourth-order valence-electron chi connectivity index (χ4n) is 5.81. The summed E-state index contributed by atoms with van der Waals surface area (Å²) in [5.41, 5.74) is 8.75. The summed E-state index contributed by atoms with van der Waals surface area (Å²) >= 11 is 0. The molecule has 0 radical (unpaired) electrons. The van der Waals surface area contributed by atoms with Gasteiger partial charge in [0.25, 0.3) is 0 Å². The fraction of sp³-hybridized carbons (Fsp3) is 0. The normalized spacial score (nSPS) is 12.1. The van der Waals surface area contributed by atoms with Crippen molar-refractivity contribution in [2.75, 3.05) is 0 Å². The van der Waals surface area contributed by atoms with E-state index in [0.29, 0.717) is 0 Å². The molecule has 0 saturated heterocycles. The van der Waals surface area contributed by atoms with E-state index in [1.54, 1.807) is 0 Å². The van der Waals surface area contributed by atoms with Crippen molar-refractivity contribution in [2.45, 2.75) is 0 Å². The summed E-state index contributed by atoms with van der Waals surface area (Å²) in [7, 11) is 0. The molecule has 0 bridgehead atoms. The number of fused-ring (bicyclic) bond motifs is 10. The second-order valence-electron chi connectivity index (χ2n) is 9.83. The first-order valence-corrected chi connectivity index (χ1v) is 12.9. The summed E-state index contributed by atoms with van der Waals surface area (Å²) in [5, 5.41) is 4.13. The van der Waals surface area contributed by atoms with Crippen LogP contribution in [0.1, 0.15) is 0 Å².